The fraction of sp³-hybridized carbons (Fsp3) is 0. The second-order valence-corrected chi connectivity index (χ2v) is 5.97. The van der Waals surface area contributed by atoms with Crippen LogP contribution in [0.3, 0.4) is 0 Å². The highest BCUT2D eigenvalue weighted by Gasteiger charge is 2.12. The number of nitro benzene ring substituents is 1. The SMILES string of the molecule is O=[N+]([O-])c1ccc(-c2nc(Nc3ccc(F)c(F)c3)c3ccccc3n2)cc1. The van der Waals surface area contributed by atoms with E-state index in [9.17, 15) is 18.9 Å². The molecule has 1 N–H and O–H groups in total. The minimum atomic E-state index is -0.973. The van der Waals surface area contributed by atoms with Crippen molar-refractivity contribution < 1.29 is 13.7 Å². The van der Waals surface area contributed by atoms with Crippen LogP contribution < -0.4 is 5.32 Å². The Kier molecular flexibility index (Phi) is 4.36. The molecular weight excluding hydrogens is 366 g/mol. The van der Waals surface area contributed by atoms with E-state index in [1.54, 1.807) is 24.3 Å². The maximum atomic E-state index is 13.5. The van der Waals surface area contributed by atoms with Crippen molar-refractivity contribution in [1.29, 1.82) is 0 Å². The third kappa shape index (κ3) is 3.35. The van der Waals surface area contributed by atoms with Gasteiger partial charge in [-0.2, -0.15) is 0 Å². The van der Waals surface area contributed by atoms with Gasteiger partial charge in [0, 0.05) is 34.8 Å². The lowest BCUT2D eigenvalue weighted by Gasteiger charge is -2.11. The number of hydrogen-bond donors (Lipinski definition) is 1. The van der Waals surface area contributed by atoms with Gasteiger partial charge in [0.2, 0.25) is 0 Å². The van der Waals surface area contributed by atoms with Gasteiger partial charge in [0.15, 0.2) is 17.5 Å². The van der Waals surface area contributed by atoms with Gasteiger partial charge in [-0.1, -0.05) is 12.1 Å². The number of nitrogens with one attached hydrogen (secondary N) is 1. The summed E-state index contributed by atoms with van der Waals surface area (Å²) in [4.78, 5) is 19.3. The normalized spacial score (nSPS) is 10.8. The van der Waals surface area contributed by atoms with E-state index in [0.717, 1.165) is 12.1 Å². The van der Waals surface area contributed by atoms with Gasteiger partial charge in [-0.15, -0.1) is 0 Å². The summed E-state index contributed by atoms with van der Waals surface area (Å²) in [6, 6.07) is 16.6. The van der Waals surface area contributed by atoms with Crippen LogP contribution in [-0.4, -0.2) is 14.9 Å². The van der Waals surface area contributed by atoms with Crippen LogP contribution >= 0.6 is 0 Å². The highest BCUT2D eigenvalue weighted by Crippen LogP contribution is 2.28. The molecule has 6 nitrogen and oxygen atoms in total. The second-order valence-electron chi connectivity index (χ2n) is 5.97. The minimum absolute atomic E-state index is 0.0373. The molecule has 0 saturated heterocycles. The highest BCUT2D eigenvalue weighted by molar-refractivity contribution is 5.92. The number of nitro groups is 1. The molecule has 0 atom stereocenters. The molecule has 28 heavy (non-hydrogen) atoms. The number of fused-ring (bicyclic) bond motifs is 1. The quantitative estimate of drug-likeness (QED) is 0.389. The topological polar surface area (TPSA) is 81.0 Å². The molecule has 0 aliphatic carbocycles. The van der Waals surface area contributed by atoms with Crippen LogP contribution in [-0.2, 0) is 0 Å². The molecular formula is C20H12F2N4O2. The van der Waals surface area contributed by atoms with Gasteiger partial charge < -0.3 is 5.32 Å². The Morgan fingerprint density at radius 2 is 1.64 bits per heavy atom. The van der Waals surface area contributed by atoms with Gasteiger partial charge in [0.05, 0.1) is 10.4 Å². The molecule has 8 heteroatoms. The third-order valence-corrected chi connectivity index (χ3v) is 4.12. The molecule has 1 aromatic heterocycles. The molecule has 0 aliphatic heterocycles. The van der Waals surface area contributed by atoms with E-state index in [4.69, 9.17) is 0 Å². The summed E-state index contributed by atoms with van der Waals surface area (Å²) in [5, 5.41) is 14.5. The molecule has 0 aliphatic rings. The molecule has 4 aromatic rings. The molecule has 0 amide bonds. The van der Waals surface area contributed by atoms with Crippen molar-refractivity contribution in [1.82, 2.24) is 9.97 Å². The van der Waals surface area contributed by atoms with Crippen molar-refractivity contribution in [2.24, 2.45) is 0 Å². The summed E-state index contributed by atoms with van der Waals surface area (Å²) < 4.78 is 26.7. The van der Waals surface area contributed by atoms with E-state index in [0.29, 0.717) is 33.8 Å². The highest BCUT2D eigenvalue weighted by atomic mass is 19.2. The summed E-state index contributed by atoms with van der Waals surface area (Å²) in [7, 11) is 0. The standard InChI is InChI=1S/C20H12F2N4O2/c21-16-10-7-13(11-17(16)22)23-20-15-3-1-2-4-18(15)24-19(25-20)12-5-8-14(9-6-12)26(27)28/h1-11H,(H,23,24,25). The zero-order chi connectivity index (χ0) is 19.7. The Morgan fingerprint density at radius 1 is 0.893 bits per heavy atom. The van der Waals surface area contributed by atoms with E-state index in [-0.39, 0.29) is 5.69 Å². The van der Waals surface area contributed by atoms with Gasteiger partial charge in [0.25, 0.3) is 5.69 Å². The third-order valence-electron chi connectivity index (χ3n) is 4.12. The van der Waals surface area contributed by atoms with Crippen molar-refractivity contribution in [2.75, 3.05) is 5.32 Å². The number of anilines is 2. The smallest absolute Gasteiger partial charge is 0.269 e. The van der Waals surface area contributed by atoms with Crippen LogP contribution in [0.1, 0.15) is 0 Å². The van der Waals surface area contributed by atoms with Gasteiger partial charge in [-0.3, -0.25) is 10.1 Å². The second kappa shape index (κ2) is 6.99. The molecule has 0 unspecified atom stereocenters. The van der Waals surface area contributed by atoms with Crippen LogP contribution in [0.5, 0.6) is 0 Å². The van der Waals surface area contributed by atoms with Crippen LogP contribution in [0, 0.1) is 21.7 Å². The molecule has 138 valence electrons. The molecule has 0 fully saturated rings. The van der Waals surface area contributed by atoms with E-state index in [1.165, 1.54) is 18.2 Å². The van der Waals surface area contributed by atoms with Crippen molar-refractivity contribution >= 4 is 28.1 Å². The minimum Gasteiger partial charge on any atom is -0.340 e. The summed E-state index contributed by atoms with van der Waals surface area (Å²) in [6.07, 6.45) is 0. The van der Waals surface area contributed by atoms with E-state index < -0.39 is 16.6 Å². The Morgan fingerprint density at radius 3 is 2.36 bits per heavy atom. The first-order valence-corrected chi connectivity index (χ1v) is 8.25. The number of para-hydroxylation sites is 1. The Balaban J connectivity index is 1.80. The summed E-state index contributed by atoms with van der Waals surface area (Å²) in [5.74, 6) is -1.16. The molecule has 0 bridgehead atoms. The summed E-state index contributed by atoms with van der Waals surface area (Å²) in [6.45, 7) is 0. The summed E-state index contributed by atoms with van der Waals surface area (Å²) in [5.41, 5.74) is 1.52. The van der Waals surface area contributed by atoms with Crippen molar-refractivity contribution in [3.63, 3.8) is 0 Å². The largest absolute Gasteiger partial charge is 0.340 e. The number of hydrogen-bond acceptors (Lipinski definition) is 5. The van der Waals surface area contributed by atoms with Crippen LogP contribution in [0.15, 0.2) is 66.7 Å². The lowest BCUT2D eigenvalue weighted by molar-refractivity contribution is -0.384. The number of rotatable bonds is 4. The molecule has 4 rings (SSSR count). The van der Waals surface area contributed by atoms with Crippen molar-refractivity contribution in [3.05, 3.63) is 88.5 Å². The van der Waals surface area contributed by atoms with Gasteiger partial charge in [-0.25, -0.2) is 18.7 Å². The van der Waals surface area contributed by atoms with Crippen LogP contribution in [0.4, 0.5) is 26.0 Å². The lowest BCUT2D eigenvalue weighted by atomic mass is 10.1. The van der Waals surface area contributed by atoms with Crippen LogP contribution in [0.25, 0.3) is 22.3 Å². The fourth-order valence-corrected chi connectivity index (χ4v) is 2.74. The maximum Gasteiger partial charge on any atom is 0.269 e. The predicted octanol–water partition coefficient (Wildman–Crippen LogP) is 5.23. The summed E-state index contributed by atoms with van der Waals surface area (Å²) >= 11 is 0. The van der Waals surface area contributed by atoms with Gasteiger partial charge in [0.1, 0.15) is 5.82 Å². The van der Waals surface area contributed by atoms with E-state index in [2.05, 4.69) is 15.3 Å². The zero-order valence-corrected chi connectivity index (χ0v) is 14.3. The molecule has 1 heterocycles. The van der Waals surface area contributed by atoms with E-state index in [1.807, 2.05) is 12.1 Å². The Hall–Kier alpha value is -3.94. The number of nitrogens with zero attached hydrogens (tertiary/aromatic N) is 3. The lowest BCUT2D eigenvalue weighted by Crippen LogP contribution is -2.00. The van der Waals surface area contributed by atoms with E-state index >= 15 is 0 Å². The zero-order valence-electron chi connectivity index (χ0n) is 14.3. The molecule has 0 saturated carbocycles. The molecule has 3 aromatic carbocycles. The van der Waals surface area contributed by atoms with Gasteiger partial charge >= 0.3 is 0 Å². The fourth-order valence-electron chi connectivity index (χ4n) is 2.74. The number of aromatic nitrogens is 2. The Bertz CT molecular complexity index is 1200. The monoisotopic (exact) mass is 378 g/mol. The maximum absolute atomic E-state index is 13.5. The first-order chi connectivity index (χ1) is 13.5. The predicted molar refractivity (Wildman–Crippen MR) is 101 cm³/mol. The number of non-ortho nitro benzene ring substituents is 1. The first-order valence-electron chi connectivity index (χ1n) is 8.25. The average molecular weight is 378 g/mol. The number of benzene rings is 3. The van der Waals surface area contributed by atoms with Crippen molar-refractivity contribution in [3.8, 4) is 11.4 Å². The van der Waals surface area contributed by atoms with Crippen molar-refractivity contribution in [2.45, 2.75) is 0 Å². The molecule has 0 spiro atoms. The number of halogens is 2. The van der Waals surface area contributed by atoms with Gasteiger partial charge in [-0.05, 0) is 36.4 Å². The first kappa shape index (κ1) is 17.5. The molecule has 0 radical (unpaired) electrons. The Labute approximate surface area is 157 Å². The average Bonchev–Trinajstić information content (AvgIpc) is 2.71. The van der Waals surface area contributed by atoms with Crippen LogP contribution in [0.2, 0.25) is 0 Å².